The first-order chi connectivity index (χ1) is 8.58. The Morgan fingerprint density at radius 3 is 2.72 bits per heavy atom. The molecule has 0 aliphatic carbocycles. The number of Topliss-reactive ketones (excluding diaryl/α,β-unsaturated/α-hetero) is 1. The number of ketones is 1. The Bertz CT molecular complexity index is 578. The second-order valence-corrected chi connectivity index (χ2v) is 5.76. The number of aryl methyl sites for hydroxylation is 2. The maximum atomic E-state index is 12.1. The van der Waals surface area contributed by atoms with Gasteiger partial charge in [0.05, 0.1) is 0 Å². The summed E-state index contributed by atoms with van der Waals surface area (Å²) in [5.74, 6) is 0.135. The molecule has 0 N–H and O–H groups in total. The minimum absolute atomic E-state index is 0.135. The Balaban J connectivity index is 2.06. The number of benzene rings is 1. The molecule has 0 radical (unpaired) electrons. The van der Waals surface area contributed by atoms with Gasteiger partial charge in [-0.2, -0.15) is 5.10 Å². The maximum Gasteiger partial charge on any atom is 0.164 e. The van der Waals surface area contributed by atoms with Crippen LogP contribution in [0.5, 0.6) is 0 Å². The fourth-order valence-corrected chi connectivity index (χ4v) is 3.01. The summed E-state index contributed by atoms with van der Waals surface area (Å²) < 4.78 is 3.58. The van der Waals surface area contributed by atoms with Crippen LogP contribution in [0.15, 0.2) is 39.4 Å². The van der Waals surface area contributed by atoms with Crippen LogP contribution in [-0.4, -0.2) is 15.6 Å². The highest BCUT2D eigenvalue weighted by Crippen LogP contribution is 2.23. The van der Waals surface area contributed by atoms with Crippen molar-refractivity contribution in [2.75, 3.05) is 0 Å². The van der Waals surface area contributed by atoms with Crippen LogP contribution in [0, 0.1) is 0 Å². The molecule has 0 bridgehead atoms. The molecule has 1 aromatic heterocycles. The Morgan fingerprint density at radius 1 is 1.33 bits per heavy atom. The van der Waals surface area contributed by atoms with Crippen LogP contribution in [0.2, 0.25) is 0 Å². The zero-order valence-electron chi connectivity index (χ0n) is 9.86. The van der Waals surface area contributed by atoms with Gasteiger partial charge in [-0.3, -0.25) is 9.48 Å². The third-order valence-electron chi connectivity index (χ3n) is 2.76. The number of carbonyl (C=O) groups is 1. The van der Waals surface area contributed by atoms with Gasteiger partial charge in [-0.15, -0.1) is 0 Å². The van der Waals surface area contributed by atoms with Gasteiger partial charge in [0.15, 0.2) is 5.78 Å². The predicted octanol–water partition coefficient (Wildman–Crippen LogP) is 3.76. The lowest BCUT2D eigenvalue weighted by molar-refractivity contribution is 0.0981. The minimum Gasteiger partial charge on any atom is -0.294 e. The van der Waals surface area contributed by atoms with Crippen molar-refractivity contribution in [2.45, 2.75) is 12.8 Å². The minimum atomic E-state index is 0.135. The van der Waals surface area contributed by atoms with Gasteiger partial charge in [0.2, 0.25) is 0 Å². The van der Waals surface area contributed by atoms with Gasteiger partial charge >= 0.3 is 0 Å². The molecule has 0 aliphatic heterocycles. The molecule has 0 saturated heterocycles. The summed E-state index contributed by atoms with van der Waals surface area (Å²) in [6.07, 6.45) is 2.94. The lowest BCUT2D eigenvalue weighted by atomic mass is 10.1. The topological polar surface area (TPSA) is 34.9 Å². The van der Waals surface area contributed by atoms with Gasteiger partial charge in [-0.05, 0) is 30.7 Å². The summed E-state index contributed by atoms with van der Waals surface area (Å²) in [5, 5.41) is 4.09. The average Bonchev–Trinajstić information content (AvgIpc) is 2.72. The van der Waals surface area contributed by atoms with Gasteiger partial charge in [0, 0.05) is 39.9 Å². The fraction of sp³-hybridized carbons (Fsp3) is 0.231. The number of aromatic nitrogens is 2. The first kappa shape index (κ1) is 13.5. The Kier molecular flexibility index (Phi) is 4.35. The number of hydrogen-bond acceptors (Lipinski definition) is 2. The van der Waals surface area contributed by atoms with Crippen LogP contribution in [0.4, 0.5) is 0 Å². The molecule has 18 heavy (non-hydrogen) atoms. The fourth-order valence-electron chi connectivity index (χ4n) is 1.74. The number of halogens is 2. The molecule has 3 nitrogen and oxygen atoms in total. The summed E-state index contributed by atoms with van der Waals surface area (Å²) in [5.41, 5.74) is 1.79. The molecule has 0 amide bonds. The third-order valence-corrected chi connectivity index (χ3v) is 3.91. The van der Waals surface area contributed by atoms with Crippen molar-refractivity contribution >= 4 is 37.6 Å². The summed E-state index contributed by atoms with van der Waals surface area (Å²) in [6, 6.07) is 7.53. The van der Waals surface area contributed by atoms with Crippen molar-refractivity contribution in [3.05, 3.63) is 50.7 Å². The largest absolute Gasteiger partial charge is 0.294 e. The zero-order valence-corrected chi connectivity index (χ0v) is 13.0. The first-order valence-electron chi connectivity index (χ1n) is 5.53. The lowest BCUT2D eigenvalue weighted by Crippen LogP contribution is -2.05. The Morgan fingerprint density at radius 2 is 2.11 bits per heavy atom. The van der Waals surface area contributed by atoms with Crippen molar-refractivity contribution in [2.24, 2.45) is 7.05 Å². The summed E-state index contributed by atoms with van der Waals surface area (Å²) in [7, 11) is 1.88. The van der Waals surface area contributed by atoms with E-state index in [2.05, 4.69) is 37.0 Å². The van der Waals surface area contributed by atoms with E-state index < -0.39 is 0 Å². The summed E-state index contributed by atoms with van der Waals surface area (Å²) >= 11 is 6.79. The number of rotatable bonds is 4. The van der Waals surface area contributed by atoms with E-state index in [1.54, 1.807) is 10.9 Å². The van der Waals surface area contributed by atoms with E-state index in [1.165, 1.54) is 0 Å². The molecular weight excluding hydrogens is 360 g/mol. The molecule has 0 unspecified atom stereocenters. The molecule has 0 atom stereocenters. The van der Waals surface area contributed by atoms with Crippen molar-refractivity contribution < 1.29 is 4.79 Å². The second-order valence-electron chi connectivity index (χ2n) is 3.99. The molecule has 1 heterocycles. The van der Waals surface area contributed by atoms with E-state index in [9.17, 15) is 4.79 Å². The quantitative estimate of drug-likeness (QED) is 0.767. The van der Waals surface area contributed by atoms with Crippen molar-refractivity contribution in [1.29, 1.82) is 0 Å². The molecule has 94 valence electrons. The van der Waals surface area contributed by atoms with Crippen LogP contribution in [0.3, 0.4) is 0 Å². The van der Waals surface area contributed by atoms with Crippen molar-refractivity contribution in [3.8, 4) is 0 Å². The van der Waals surface area contributed by atoms with E-state index in [0.717, 1.165) is 20.2 Å². The third kappa shape index (κ3) is 3.09. The number of carbonyl (C=O) groups excluding carboxylic acids is 1. The number of hydrogen-bond donors (Lipinski definition) is 0. The summed E-state index contributed by atoms with van der Waals surface area (Å²) in [4.78, 5) is 12.1. The Labute approximate surface area is 122 Å². The van der Waals surface area contributed by atoms with Crippen LogP contribution in [-0.2, 0) is 13.5 Å². The lowest BCUT2D eigenvalue weighted by Gasteiger charge is -2.05. The van der Waals surface area contributed by atoms with Gasteiger partial charge in [0.1, 0.15) is 0 Å². The standard InChI is InChI=1S/C13H12Br2N2O/c1-17-10(6-7-16-17)3-5-13(18)11-4-2-9(14)8-12(11)15/h2,4,6-8H,3,5H2,1H3. The summed E-state index contributed by atoms with van der Waals surface area (Å²) in [6.45, 7) is 0. The molecule has 0 saturated carbocycles. The molecule has 0 fully saturated rings. The van der Waals surface area contributed by atoms with Crippen molar-refractivity contribution in [3.63, 3.8) is 0 Å². The van der Waals surface area contributed by atoms with E-state index in [1.807, 2.05) is 31.3 Å². The number of nitrogens with zero attached hydrogens (tertiary/aromatic N) is 2. The second kappa shape index (κ2) is 5.80. The van der Waals surface area contributed by atoms with E-state index >= 15 is 0 Å². The highest BCUT2D eigenvalue weighted by Gasteiger charge is 2.11. The maximum absolute atomic E-state index is 12.1. The Hall–Kier alpha value is -0.940. The van der Waals surface area contributed by atoms with Crippen LogP contribution < -0.4 is 0 Å². The molecule has 1 aromatic carbocycles. The van der Waals surface area contributed by atoms with Gasteiger partial charge < -0.3 is 0 Å². The van der Waals surface area contributed by atoms with Gasteiger partial charge in [-0.1, -0.05) is 31.9 Å². The molecule has 2 rings (SSSR count). The van der Waals surface area contributed by atoms with Gasteiger partial charge in [-0.25, -0.2) is 0 Å². The molecule has 0 aliphatic rings. The molecule has 0 spiro atoms. The molecule has 2 aromatic rings. The van der Waals surface area contributed by atoms with E-state index in [4.69, 9.17) is 0 Å². The highest BCUT2D eigenvalue weighted by molar-refractivity contribution is 9.11. The smallest absolute Gasteiger partial charge is 0.164 e. The van der Waals surface area contributed by atoms with E-state index in [0.29, 0.717) is 12.8 Å². The van der Waals surface area contributed by atoms with Gasteiger partial charge in [0.25, 0.3) is 0 Å². The molecular formula is C13H12Br2N2O. The van der Waals surface area contributed by atoms with Crippen molar-refractivity contribution in [1.82, 2.24) is 9.78 Å². The van der Waals surface area contributed by atoms with E-state index in [-0.39, 0.29) is 5.78 Å². The zero-order chi connectivity index (χ0) is 13.1. The highest BCUT2D eigenvalue weighted by atomic mass is 79.9. The van der Waals surface area contributed by atoms with Crippen LogP contribution in [0.25, 0.3) is 0 Å². The normalized spacial score (nSPS) is 10.6. The SMILES string of the molecule is Cn1nccc1CCC(=O)c1ccc(Br)cc1Br. The van der Waals surface area contributed by atoms with Crippen LogP contribution in [0.1, 0.15) is 22.5 Å². The first-order valence-corrected chi connectivity index (χ1v) is 7.11. The monoisotopic (exact) mass is 370 g/mol. The predicted molar refractivity (Wildman–Crippen MR) is 77.7 cm³/mol. The average molecular weight is 372 g/mol. The molecule has 5 heteroatoms. The van der Waals surface area contributed by atoms with Crippen LogP contribution >= 0.6 is 31.9 Å².